The van der Waals surface area contributed by atoms with E-state index in [0.717, 1.165) is 39.7 Å². The van der Waals surface area contributed by atoms with Crippen molar-refractivity contribution < 1.29 is 9.53 Å². The Hall–Kier alpha value is -2.79. The summed E-state index contributed by atoms with van der Waals surface area (Å²) in [7, 11) is 5.24. The highest BCUT2D eigenvalue weighted by molar-refractivity contribution is 9.11. The zero-order chi connectivity index (χ0) is 37.3. The summed E-state index contributed by atoms with van der Waals surface area (Å²) in [5, 5.41) is 43.3. The lowest BCUT2D eigenvalue weighted by atomic mass is 10.2. The van der Waals surface area contributed by atoms with Crippen molar-refractivity contribution in [2.24, 2.45) is 26.9 Å². The van der Waals surface area contributed by atoms with Crippen molar-refractivity contribution in [1.82, 2.24) is 39.6 Å². The first kappa shape index (κ1) is 41.6. The second-order valence-corrected chi connectivity index (χ2v) is 15.9. The molecule has 3 saturated carbocycles. The SMILES string of the molecule is Cn1nc(CBr)c(Br)c1C#N.Cn1nc(CN(C(=O)OC(C)(C)C)C2CC2)c(Br)c1C#N.Cn1nc(CNC2CC2)c(Br)c1C#N.NC1CC1. The molecule has 0 saturated heterocycles. The van der Waals surface area contributed by atoms with Gasteiger partial charge in [-0.2, -0.15) is 31.1 Å². The van der Waals surface area contributed by atoms with Gasteiger partial charge in [-0.3, -0.25) is 18.9 Å². The van der Waals surface area contributed by atoms with E-state index < -0.39 is 5.60 Å². The standard InChI is InChI=1S/C14H19BrN4O2.C9H11BrN4.C6H5Br2N3.C3H7N/c1-14(2,3)21-13(20)19(9-5-6-9)8-10-12(15)11(7-16)18(4)17-10;1-14-8(4-11)9(10)7(13-14)5-12-6-2-3-6;1-11-5(3-9)6(8)4(2-7)10-11;4-3-1-2-3/h9H,5-6,8H2,1-4H3;6,12H,2-3,5H2,1H3;2H2,1H3;3H,1-2,4H2. The molecule has 1 amide bonds. The Morgan fingerprint density at radius 2 is 1.26 bits per heavy atom. The number of amides is 1. The third-order valence-electron chi connectivity index (χ3n) is 7.30. The predicted molar refractivity (Wildman–Crippen MR) is 201 cm³/mol. The number of halogens is 4. The van der Waals surface area contributed by atoms with Crippen LogP contribution in [0.15, 0.2) is 13.4 Å². The Morgan fingerprint density at radius 3 is 1.60 bits per heavy atom. The Balaban J connectivity index is 0.000000201. The molecule has 3 aromatic rings. The number of nitrogens with two attached hydrogens (primary N) is 1. The third kappa shape index (κ3) is 12.5. The van der Waals surface area contributed by atoms with Crippen LogP contribution in [0.2, 0.25) is 0 Å². The van der Waals surface area contributed by atoms with Crippen molar-refractivity contribution in [2.75, 3.05) is 0 Å². The quantitative estimate of drug-likeness (QED) is 0.254. The van der Waals surface area contributed by atoms with Crippen LogP contribution in [-0.2, 0) is 44.3 Å². The van der Waals surface area contributed by atoms with Crippen LogP contribution < -0.4 is 11.1 Å². The number of alkyl halides is 1. The molecule has 0 atom stereocenters. The summed E-state index contributed by atoms with van der Waals surface area (Å²) >= 11 is 13.3. The van der Waals surface area contributed by atoms with Crippen molar-refractivity contribution in [3.05, 3.63) is 47.6 Å². The highest BCUT2D eigenvalue weighted by atomic mass is 79.9. The molecule has 270 valence electrons. The number of carbonyl (C=O) groups is 1. The highest BCUT2D eigenvalue weighted by Crippen LogP contribution is 2.32. The molecule has 0 bridgehead atoms. The molecule has 3 aromatic heterocycles. The lowest BCUT2D eigenvalue weighted by molar-refractivity contribution is 0.0213. The third-order valence-corrected chi connectivity index (χ3v) is 10.3. The van der Waals surface area contributed by atoms with Crippen molar-refractivity contribution in [1.29, 1.82) is 15.8 Å². The van der Waals surface area contributed by atoms with Gasteiger partial charge in [0.05, 0.1) is 37.0 Å². The molecule has 18 heteroatoms. The van der Waals surface area contributed by atoms with Gasteiger partial charge < -0.3 is 15.8 Å². The van der Waals surface area contributed by atoms with Crippen molar-refractivity contribution in [3.8, 4) is 18.2 Å². The monoisotopic (exact) mass is 942 g/mol. The molecule has 3 heterocycles. The highest BCUT2D eigenvalue weighted by Gasteiger charge is 2.36. The van der Waals surface area contributed by atoms with Crippen LogP contribution in [0.1, 0.15) is 93.5 Å². The number of carbonyl (C=O) groups excluding carboxylic acids is 1. The Labute approximate surface area is 326 Å². The molecule has 0 spiro atoms. The number of nitriles is 3. The number of hydrogen-bond donors (Lipinski definition) is 2. The average molecular weight is 946 g/mol. The van der Waals surface area contributed by atoms with Gasteiger partial charge in [0.25, 0.3) is 0 Å². The minimum atomic E-state index is -0.524. The second-order valence-electron chi connectivity index (χ2n) is 13.0. The first-order valence-electron chi connectivity index (χ1n) is 15.9. The fourth-order valence-corrected chi connectivity index (χ4v) is 6.61. The Bertz CT molecular complexity index is 1760. The van der Waals surface area contributed by atoms with Crippen LogP contribution in [0.25, 0.3) is 0 Å². The van der Waals surface area contributed by atoms with Gasteiger partial charge in [0.15, 0.2) is 17.1 Å². The summed E-state index contributed by atoms with van der Waals surface area (Å²) < 4.78 is 12.4. The molecule has 3 aliphatic carbocycles. The summed E-state index contributed by atoms with van der Waals surface area (Å²) in [6.07, 6.45) is 6.68. The molecule has 3 aliphatic rings. The minimum Gasteiger partial charge on any atom is -0.444 e. The first-order valence-corrected chi connectivity index (χ1v) is 19.4. The number of hydrogen-bond acceptors (Lipinski definition) is 10. The van der Waals surface area contributed by atoms with Crippen LogP contribution in [-0.4, -0.2) is 64.1 Å². The molecule has 0 aliphatic heterocycles. The van der Waals surface area contributed by atoms with E-state index in [1.807, 2.05) is 20.8 Å². The number of aryl methyl sites for hydroxylation is 3. The van der Waals surface area contributed by atoms with Gasteiger partial charge in [-0.05, 0) is 107 Å². The lowest BCUT2D eigenvalue weighted by Gasteiger charge is -2.27. The molecule has 14 nitrogen and oxygen atoms in total. The van der Waals surface area contributed by atoms with E-state index in [-0.39, 0.29) is 12.1 Å². The fourth-order valence-electron chi connectivity index (χ4n) is 4.16. The fraction of sp³-hybridized carbons (Fsp3) is 0.594. The molecule has 0 unspecified atom stereocenters. The van der Waals surface area contributed by atoms with Crippen LogP contribution in [0, 0.1) is 34.0 Å². The van der Waals surface area contributed by atoms with Gasteiger partial charge in [0, 0.05) is 51.1 Å². The van der Waals surface area contributed by atoms with Crippen molar-refractivity contribution >= 4 is 69.8 Å². The molecular weight excluding hydrogens is 904 g/mol. The lowest BCUT2D eigenvalue weighted by Crippen LogP contribution is -2.38. The number of ether oxygens (including phenoxy) is 1. The summed E-state index contributed by atoms with van der Waals surface area (Å²) in [4.78, 5) is 14.0. The number of rotatable bonds is 7. The molecule has 0 aromatic carbocycles. The smallest absolute Gasteiger partial charge is 0.410 e. The first-order chi connectivity index (χ1) is 23.5. The van der Waals surface area contributed by atoms with Gasteiger partial charge in [-0.15, -0.1) is 0 Å². The molecule has 3 N–H and O–H groups in total. The summed E-state index contributed by atoms with van der Waals surface area (Å²) in [5.74, 6) is 0. The van der Waals surface area contributed by atoms with E-state index >= 15 is 0 Å². The van der Waals surface area contributed by atoms with Gasteiger partial charge in [-0.1, -0.05) is 15.9 Å². The summed E-state index contributed by atoms with van der Waals surface area (Å²) in [6.45, 7) is 6.62. The van der Waals surface area contributed by atoms with Crippen LogP contribution >= 0.6 is 63.7 Å². The molecule has 0 radical (unpaired) electrons. The van der Waals surface area contributed by atoms with Crippen molar-refractivity contribution in [3.63, 3.8) is 0 Å². The maximum Gasteiger partial charge on any atom is 0.410 e. The van der Waals surface area contributed by atoms with E-state index in [9.17, 15) is 4.79 Å². The predicted octanol–water partition coefficient (Wildman–Crippen LogP) is 6.32. The molecule has 3 fully saturated rings. The van der Waals surface area contributed by atoms with E-state index in [0.29, 0.717) is 51.2 Å². The van der Waals surface area contributed by atoms with Crippen LogP contribution in [0.3, 0.4) is 0 Å². The van der Waals surface area contributed by atoms with Gasteiger partial charge in [-0.25, -0.2) is 4.79 Å². The summed E-state index contributed by atoms with van der Waals surface area (Å²) in [6, 6.07) is 7.70. The van der Waals surface area contributed by atoms with Gasteiger partial charge >= 0.3 is 6.09 Å². The Kier molecular flexibility index (Phi) is 15.5. The number of nitrogens with zero attached hydrogens (tertiary/aromatic N) is 10. The Morgan fingerprint density at radius 1 is 0.840 bits per heavy atom. The minimum absolute atomic E-state index is 0.208. The van der Waals surface area contributed by atoms with Gasteiger partial charge in [0.1, 0.15) is 23.8 Å². The second kappa shape index (κ2) is 18.6. The topological polar surface area (TPSA) is 192 Å². The van der Waals surface area contributed by atoms with Crippen molar-refractivity contribution in [2.45, 2.75) is 101 Å². The molecule has 50 heavy (non-hydrogen) atoms. The number of nitrogens with one attached hydrogen (secondary N) is 1. The maximum atomic E-state index is 12.3. The zero-order valence-electron chi connectivity index (χ0n) is 29.0. The van der Waals surface area contributed by atoms with E-state index in [2.05, 4.69) is 103 Å². The van der Waals surface area contributed by atoms with E-state index in [1.165, 1.54) is 30.4 Å². The normalized spacial score (nSPS) is 14.7. The largest absolute Gasteiger partial charge is 0.444 e. The zero-order valence-corrected chi connectivity index (χ0v) is 35.3. The average Bonchev–Trinajstić information content (AvgIpc) is 3.95. The molecule has 6 rings (SSSR count). The summed E-state index contributed by atoms with van der Waals surface area (Å²) in [5.41, 5.74) is 8.72. The van der Waals surface area contributed by atoms with E-state index in [4.69, 9.17) is 26.3 Å². The maximum absolute atomic E-state index is 12.3. The number of aromatic nitrogens is 6. The van der Waals surface area contributed by atoms with Gasteiger partial charge in [0.2, 0.25) is 0 Å². The molecular formula is C32H42Br4N12O2. The van der Waals surface area contributed by atoms with E-state index in [1.54, 1.807) is 35.4 Å². The van der Waals surface area contributed by atoms with Crippen LogP contribution in [0.5, 0.6) is 0 Å². The van der Waals surface area contributed by atoms with Crippen LogP contribution in [0.4, 0.5) is 4.79 Å².